The maximum absolute atomic E-state index is 11.9. The van der Waals surface area contributed by atoms with Crippen LogP contribution in [0.2, 0.25) is 0 Å². The number of carboxylic acids is 1. The third kappa shape index (κ3) is 3.12. The van der Waals surface area contributed by atoms with E-state index in [0.29, 0.717) is 13.1 Å². The predicted octanol–water partition coefficient (Wildman–Crippen LogP) is 1.24. The van der Waals surface area contributed by atoms with E-state index in [1.807, 2.05) is 13.8 Å². The van der Waals surface area contributed by atoms with Crippen molar-refractivity contribution in [2.24, 2.45) is 5.92 Å². The van der Waals surface area contributed by atoms with E-state index in [-0.39, 0.29) is 24.4 Å². The van der Waals surface area contributed by atoms with Crippen molar-refractivity contribution in [2.45, 2.75) is 32.7 Å². The number of rotatable bonds is 3. The van der Waals surface area contributed by atoms with Crippen molar-refractivity contribution < 1.29 is 14.7 Å². The highest BCUT2D eigenvalue weighted by Gasteiger charge is 2.29. The van der Waals surface area contributed by atoms with Gasteiger partial charge < -0.3 is 14.9 Å². The molecule has 1 heterocycles. The summed E-state index contributed by atoms with van der Waals surface area (Å²) in [5.74, 6) is -0.668. The highest BCUT2D eigenvalue weighted by atomic mass is 16.4. The molecule has 0 saturated carbocycles. The van der Waals surface area contributed by atoms with Gasteiger partial charge in [0, 0.05) is 32.6 Å². The van der Waals surface area contributed by atoms with Crippen LogP contribution in [0.15, 0.2) is 0 Å². The van der Waals surface area contributed by atoms with Gasteiger partial charge in [-0.25, -0.2) is 4.79 Å². The van der Waals surface area contributed by atoms with E-state index in [9.17, 15) is 9.59 Å². The summed E-state index contributed by atoms with van der Waals surface area (Å²) >= 11 is 0. The average Bonchev–Trinajstić information content (AvgIpc) is 2.62. The Balaban J connectivity index is 2.46. The first-order chi connectivity index (χ1) is 7.41. The molecule has 0 spiro atoms. The number of nitrogens with zero attached hydrogens (tertiary/aromatic N) is 2. The Kier molecular flexibility index (Phi) is 4.15. The fourth-order valence-corrected chi connectivity index (χ4v) is 1.86. The largest absolute Gasteiger partial charge is 0.481 e. The lowest BCUT2D eigenvalue weighted by Gasteiger charge is -2.27. The number of likely N-dealkylation sites (tertiary alicyclic amines) is 1. The Morgan fingerprint density at radius 1 is 1.50 bits per heavy atom. The van der Waals surface area contributed by atoms with Gasteiger partial charge in [-0.3, -0.25) is 4.79 Å². The monoisotopic (exact) mass is 228 g/mol. The zero-order valence-corrected chi connectivity index (χ0v) is 10.1. The number of aliphatic carboxylic acids is 1. The van der Waals surface area contributed by atoms with Crippen molar-refractivity contribution >= 4 is 12.0 Å². The van der Waals surface area contributed by atoms with Gasteiger partial charge in [-0.15, -0.1) is 0 Å². The summed E-state index contributed by atoms with van der Waals surface area (Å²) in [6.07, 6.45) is 0.957. The molecule has 2 amide bonds. The van der Waals surface area contributed by atoms with Gasteiger partial charge in [0.25, 0.3) is 0 Å². The zero-order valence-electron chi connectivity index (χ0n) is 10.1. The number of hydrogen-bond acceptors (Lipinski definition) is 2. The predicted molar refractivity (Wildman–Crippen MR) is 60.2 cm³/mol. The molecule has 0 bridgehead atoms. The molecule has 1 aliphatic heterocycles. The van der Waals surface area contributed by atoms with Gasteiger partial charge in [-0.05, 0) is 26.2 Å². The molecular formula is C11H20N2O3. The summed E-state index contributed by atoms with van der Waals surface area (Å²) in [5, 5.41) is 8.68. The van der Waals surface area contributed by atoms with Crippen LogP contribution in [0.4, 0.5) is 4.79 Å². The average molecular weight is 228 g/mol. The first-order valence-electron chi connectivity index (χ1n) is 5.65. The Hall–Kier alpha value is -1.26. The first-order valence-corrected chi connectivity index (χ1v) is 5.65. The molecule has 1 saturated heterocycles. The summed E-state index contributed by atoms with van der Waals surface area (Å²) in [5.41, 5.74) is 0. The summed E-state index contributed by atoms with van der Waals surface area (Å²) in [4.78, 5) is 25.9. The molecule has 0 aromatic carbocycles. The Bertz CT molecular complexity index is 278. The number of hydrogen-bond donors (Lipinski definition) is 1. The highest BCUT2D eigenvalue weighted by Crippen LogP contribution is 2.20. The van der Waals surface area contributed by atoms with E-state index in [2.05, 4.69) is 0 Å². The lowest BCUT2D eigenvalue weighted by atomic mass is 10.1. The number of carbonyl (C=O) groups excluding carboxylic acids is 1. The molecule has 1 N–H and O–H groups in total. The van der Waals surface area contributed by atoms with Crippen LogP contribution in [0.1, 0.15) is 26.7 Å². The van der Waals surface area contributed by atoms with E-state index in [4.69, 9.17) is 5.11 Å². The Morgan fingerprint density at radius 3 is 2.62 bits per heavy atom. The molecule has 1 unspecified atom stereocenters. The first kappa shape index (κ1) is 12.8. The number of amides is 2. The normalized spacial score (nSPS) is 20.2. The Morgan fingerprint density at radius 2 is 2.12 bits per heavy atom. The SMILES string of the molecule is CC(C)N(C)C(=O)N1CCC(CC(=O)O)C1. The molecule has 1 fully saturated rings. The van der Waals surface area contributed by atoms with Crippen molar-refractivity contribution in [3.8, 4) is 0 Å². The van der Waals surface area contributed by atoms with Crippen molar-refractivity contribution in [3.63, 3.8) is 0 Å². The maximum atomic E-state index is 11.9. The molecule has 5 nitrogen and oxygen atoms in total. The summed E-state index contributed by atoms with van der Waals surface area (Å²) in [6.45, 7) is 5.17. The van der Waals surface area contributed by atoms with Crippen LogP contribution in [0.5, 0.6) is 0 Å². The van der Waals surface area contributed by atoms with Crippen LogP contribution in [0.3, 0.4) is 0 Å². The molecule has 1 atom stereocenters. The number of urea groups is 1. The molecule has 92 valence electrons. The zero-order chi connectivity index (χ0) is 12.3. The summed E-state index contributed by atoms with van der Waals surface area (Å²) < 4.78 is 0. The summed E-state index contributed by atoms with van der Waals surface area (Å²) in [7, 11) is 1.78. The van der Waals surface area contributed by atoms with E-state index in [0.717, 1.165) is 6.42 Å². The quantitative estimate of drug-likeness (QED) is 0.790. The van der Waals surface area contributed by atoms with Crippen molar-refractivity contribution in [2.75, 3.05) is 20.1 Å². The van der Waals surface area contributed by atoms with Crippen molar-refractivity contribution in [3.05, 3.63) is 0 Å². The molecule has 5 heteroatoms. The smallest absolute Gasteiger partial charge is 0.319 e. The van der Waals surface area contributed by atoms with Crippen LogP contribution in [0.25, 0.3) is 0 Å². The maximum Gasteiger partial charge on any atom is 0.319 e. The minimum atomic E-state index is -0.781. The minimum absolute atomic E-state index is 0.00267. The molecule has 0 aromatic heterocycles. The van der Waals surface area contributed by atoms with E-state index >= 15 is 0 Å². The molecule has 0 aliphatic carbocycles. The van der Waals surface area contributed by atoms with E-state index in [1.165, 1.54) is 0 Å². The number of carbonyl (C=O) groups is 2. The van der Waals surface area contributed by atoms with Gasteiger partial charge in [0.15, 0.2) is 0 Å². The van der Waals surface area contributed by atoms with Crippen molar-refractivity contribution in [1.29, 1.82) is 0 Å². The van der Waals surface area contributed by atoms with Crippen LogP contribution in [-0.4, -0.2) is 53.1 Å². The van der Waals surface area contributed by atoms with Gasteiger partial charge in [0.05, 0.1) is 0 Å². The van der Waals surface area contributed by atoms with Crippen molar-refractivity contribution in [1.82, 2.24) is 9.80 Å². The second-order valence-electron chi connectivity index (χ2n) is 4.69. The van der Waals surface area contributed by atoms with Crippen LogP contribution >= 0.6 is 0 Å². The topological polar surface area (TPSA) is 60.9 Å². The van der Waals surface area contributed by atoms with Crippen LogP contribution in [-0.2, 0) is 4.79 Å². The highest BCUT2D eigenvalue weighted by molar-refractivity contribution is 5.75. The molecule has 0 aromatic rings. The third-order valence-electron chi connectivity index (χ3n) is 3.10. The third-order valence-corrected chi connectivity index (χ3v) is 3.10. The van der Waals surface area contributed by atoms with Gasteiger partial charge in [0.1, 0.15) is 0 Å². The molecule has 1 aliphatic rings. The van der Waals surface area contributed by atoms with Gasteiger partial charge in [0.2, 0.25) is 0 Å². The van der Waals surface area contributed by atoms with Crippen LogP contribution < -0.4 is 0 Å². The Labute approximate surface area is 96.0 Å². The fraction of sp³-hybridized carbons (Fsp3) is 0.818. The molecule has 1 rings (SSSR count). The fourth-order valence-electron chi connectivity index (χ4n) is 1.86. The number of carboxylic acid groups (broad SMARTS) is 1. The van der Waals surface area contributed by atoms with E-state index < -0.39 is 5.97 Å². The van der Waals surface area contributed by atoms with Gasteiger partial charge >= 0.3 is 12.0 Å². The summed E-state index contributed by atoms with van der Waals surface area (Å²) in [6, 6.07) is 0.175. The standard InChI is InChI=1S/C11H20N2O3/c1-8(2)12(3)11(16)13-5-4-9(7-13)6-10(14)15/h8-9H,4-7H2,1-3H3,(H,14,15). The van der Waals surface area contributed by atoms with E-state index in [1.54, 1.807) is 16.8 Å². The van der Waals surface area contributed by atoms with Gasteiger partial charge in [-0.2, -0.15) is 0 Å². The minimum Gasteiger partial charge on any atom is -0.481 e. The molecule has 0 radical (unpaired) electrons. The second-order valence-corrected chi connectivity index (χ2v) is 4.69. The molecule has 16 heavy (non-hydrogen) atoms. The van der Waals surface area contributed by atoms with Gasteiger partial charge in [-0.1, -0.05) is 0 Å². The molecular weight excluding hydrogens is 208 g/mol. The lowest BCUT2D eigenvalue weighted by Crippen LogP contribution is -2.43. The second kappa shape index (κ2) is 5.18. The van der Waals surface area contributed by atoms with Crippen LogP contribution in [0, 0.1) is 5.92 Å². The lowest BCUT2D eigenvalue weighted by molar-refractivity contribution is -0.138.